The van der Waals surface area contributed by atoms with Crippen molar-refractivity contribution in [2.45, 2.75) is 26.9 Å². The molecule has 0 saturated heterocycles. The summed E-state index contributed by atoms with van der Waals surface area (Å²) in [5, 5.41) is 2.67. The second-order valence-electron chi connectivity index (χ2n) is 7.26. The van der Waals surface area contributed by atoms with Crippen LogP contribution in [0.4, 0.5) is 23.2 Å². The van der Waals surface area contributed by atoms with Gasteiger partial charge in [0.15, 0.2) is 17.5 Å². The lowest BCUT2D eigenvalue weighted by atomic mass is 10.2. The summed E-state index contributed by atoms with van der Waals surface area (Å²) in [6.45, 7) is 3.32. The van der Waals surface area contributed by atoms with Crippen molar-refractivity contribution < 1.29 is 31.9 Å². The van der Waals surface area contributed by atoms with Crippen LogP contribution >= 0.6 is 11.3 Å². The predicted octanol–water partition coefficient (Wildman–Crippen LogP) is 5.08. The number of rotatable bonds is 9. The van der Waals surface area contributed by atoms with Crippen LogP contribution in [0, 0.1) is 30.2 Å². The number of anilines is 1. The van der Waals surface area contributed by atoms with Crippen molar-refractivity contribution in [2.24, 2.45) is 0 Å². The number of aryl methyl sites for hydroxylation is 1. The van der Waals surface area contributed by atoms with Crippen LogP contribution in [-0.4, -0.2) is 34.8 Å². The number of nitrogens with one attached hydrogen (secondary N) is 1. The van der Waals surface area contributed by atoms with Gasteiger partial charge >= 0.3 is 0 Å². The van der Waals surface area contributed by atoms with Crippen molar-refractivity contribution in [1.29, 1.82) is 0 Å². The van der Waals surface area contributed by atoms with Gasteiger partial charge in [-0.3, -0.25) is 9.59 Å². The van der Waals surface area contributed by atoms with Gasteiger partial charge in [0, 0.05) is 6.54 Å². The molecule has 34 heavy (non-hydrogen) atoms. The van der Waals surface area contributed by atoms with Crippen molar-refractivity contribution in [3.8, 4) is 5.75 Å². The Morgan fingerprint density at radius 2 is 1.76 bits per heavy atom. The SMILES string of the molecule is CCCN(CC(=O)Nc1ccc(F)c(F)c1F)C(=O)c1sc(COc2ccc(F)cc2)nc1C. The molecular formula is C23H21F4N3O3S. The minimum atomic E-state index is -1.70. The number of thiazole rings is 1. The Morgan fingerprint density at radius 1 is 1.06 bits per heavy atom. The van der Waals surface area contributed by atoms with E-state index in [-0.39, 0.29) is 13.2 Å². The molecule has 0 aliphatic carbocycles. The molecule has 3 aromatic rings. The molecule has 0 aliphatic rings. The maximum absolute atomic E-state index is 13.9. The Kier molecular flexibility index (Phi) is 8.21. The first-order valence-electron chi connectivity index (χ1n) is 10.3. The first-order chi connectivity index (χ1) is 16.2. The van der Waals surface area contributed by atoms with Crippen molar-refractivity contribution in [1.82, 2.24) is 9.88 Å². The van der Waals surface area contributed by atoms with Gasteiger partial charge in [-0.25, -0.2) is 22.5 Å². The number of carbonyl (C=O) groups excluding carboxylic acids is 2. The van der Waals surface area contributed by atoms with E-state index in [1.165, 1.54) is 29.2 Å². The number of hydrogen-bond acceptors (Lipinski definition) is 5. The zero-order chi connectivity index (χ0) is 24.8. The summed E-state index contributed by atoms with van der Waals surface area (Å²) < 4.78 is 58.9. The van der Waals surface area contributed by atoms with Crippen LogP contribution in [0.1, 0.15) is 33.7 Å². The summed E-state index contributed by atoms with van der Waals surface area (Å²) in [6, 6.07) is 7.06. The molecule has 1 heterocycles. The van der Waals surface area contributed by atoms with E-state index in [1.807, 2.05) is 6.92 Å². The van der Waals surface area contributed by atoms with Gasteiger partial charge in [0.25, 0.3) is 5.91 Å². The molecule has 0 bridgehead atoms. The van der Waals surface area contributed by atoms with Crippen molar-refractivity contribution in [2.75, 3.05) is 18.4 Å². The zero-order valence-corrected chi connectivity index (χ0v) is 19.1. The minimum absolute atomic E-state index is 0.0636. The summed E-state index contributed by atoms with van der Waals surface area (Å²) in [7, 11) is 0. The lowest BCUT2D eigenvalue weighted by Gasteiger charge is -2.21. The van der Waals surface area contributed by atoms with Crippen molar-refractivity contribution in [3.05, 3.63) is 75.2 Å². The molecule has 0 saturated carbocycles. The first kappa shape index (κ1) is 25.2. The average molecular weight is 495 g/mol. The standard InChI is InChI=1S/C23H21F4N3O3S/c1-3-10-30(11-18(31)29-17-9-8-16(25)20(26)21(17)27)23(32)22-13(2)28-19(34-22)12-33-15-6-4-14(24)5-7-15/h4-9H,3,10-12H2,1-2H3,(H,29,31). The smallest absolute Gasteiger partial charge is 0.266 e. The molecule has 2 aromatic carbocycles. The van der Waals surface area contributed by atoms with Gasteiger partial charge in [-0.1, -0.05) is 6.92 Å². The van der Waals surface area contributed by atoms with Gasteiger partial charge in [0.2, 0.25) is 5.91 Å². The van der Waals surface area contributed by atoms with Crippen LogP contribution in [0.15, 0.2) is 36.4 Å². The maximum Gasteiger partial charge on any atom is 0.266 e. The lowest BCUT2D eigenvalue weighted by Crippen LogP contribution is -2.38. The Labute approximate surface area is 197 Å². The second kappa shape index (κ2) is 11.1. The fraction of sp³-hybridized carbons (Fsp3) is 0.261. The molecule has 1 aromatic heterocycles. The molecule has 6 nitrogen and oxygen atoms in total. The van der Waals surface area contributed by atoms with Crippen molar-refractivity contribution in [3.63, 3.8) is 0 Å². The number of hydrogen-bond donors (Lipinski definition) is 1. The Morgan fingerprint density at radius 3 is 2.44 bits per heavy atom. The maximum atomic E-state index is 13.9. The third-order valence-electron chi connectivity index (χ3n) is 4.64. The summed E-state index contributed by atoms with van der Waals surface area (Å²) in [5.74, 6) is -5.77. The fourth-order valence-electron chi connectivity index (χ4n) is 3.04. The molecular weight excluding hydrogens is 474 g/mol. The van der Waals surface area contributed by atoms with Gasteiger partial charge in [-0.15, -0.1) is 11.3 Å². The number of benzene rings is 2. The number of ether oxygens (including phenoxy) is 1. The normalized spacial score (nSPS) is 10.8. The quantitative estimate of drug-likeness (QED) is 0.332. The molecule has 3 rings (SSSR count). The van der Waals surface area contributed by atoms with Crippen LogP contribution < -0.4 is 10.1 Å². The summed E-state index contributed by atoms with van der Waals surface area (Å²) in [4.78, 5) is 31.4. The number of nitrogens with zero attached hydrogens (tertiary/aromatic N) is 2. The summed E-state index contributed by atoms with van der Waals surface area (Å²) in [6.07, 6.45) is 0.539. The third kappa shape index (κ3) is 6.10. The first-order valence-corrected chi connectivity index (χ1v) is 11.1. The van der Waals surface area contributed by atoms with Crippen LogP contribution in [-0.2, 0) is 11.4 Å². The van der Waals surface area contributed by atoms with Gasteiger partial charge < -0.3 is 15.0 Å². The molecule has 0 atom stereocenters. The second-order valence-corrected chi connectivity index (χ2v) is 8.35. The van der Waals surface area contributed by atoms with E-state index in [4.69, 9.17) is 4.74 Å². The topological polar surface area (TPSA) is 71.5 Å². The molecule has 11 heteroatoms. The highest BCUT2D eigenvalue weighted by Gasteiger charge is 2.24. The van der Waals surface area contributed by atoms with Crippen LogP contribution in [0.25, 0.3) is 0 Å². The number of aromatic nitrogens is 1. The van der Waals surface area contributed by atoms with Gasteiger partial charge in [0.05, 0.1) is 11.4 Å². The van der Waals surface area contributed by atoms with E-state index in [1.54, 1.807) is 6.92 Å². The van der Waals surface area contributed by atoms with E-state index in [0.29, 0.717) is 33.8 Å². The van der Waals surface area contributed by atoms with E-state index in [9.17, 15) is 27.2 Å². The van der Waals surface area contributed by atoms with E-state index >= 15 is 0 Å². The van der Waals surface area contributed by atoms with E-state index < -0.39 is 47.3 Å². The number of halogens is 4. The third-order valence-corrected chi connectivity index (χ3v) is 5.75. The zero-order valence-electron chi connectivity index (χ0n) is 18.3. The summed E-state index contributed by atoms with van der Waals surface area (Å²) in [5.41, 5.74) is -0.0807. The van der Waals surface area contributed by atoms with Crippen LogP contribution in [0.5, 0.6) is 5.75 Å². The van der Waals surface area contributed by atoms with Crippen LogP contribution in [0.3, 0.4) is 0 Å². The molecule has 0 radical (unpaired) electrons. The largest absolute Gasteiger partial charge is 0.486 e. The average Bonchev–Trinajstić information content (AvgIpc) is 3.18. The summed E-state index contributed by atoms with van der Waals surface area (Å²) >= 11 is 1.10. The highest BCUT2D eigenvalue weighted by Crippen LogP contribution is 2.23. The van der Waals surface area contributed by atoms with Gasteiger partial charge in [0.1, 0.15) is 34.6 Å². The molecule has 2 amide bonds. The fourth-order valence-corrected chi connectivity index (χ4v) is 3.99. The predicted molar refractivity (Wildman–Crippen MR) is 119 cm³/mol. The minimum Gasteiger partial charge on any atom is -0.486 e. The van der Waals surface area contributed by atoms with E-state index in [0.717, 1.165) is 17.4 Å². The van der Waals surface area contributed by atoms with Crippen molar-refractivity contribution >= 4 is 28.8 Å². The number of carbonyl (C=O) groups is 2. The molecule has 1 N–H and O–H groups in total. The Hall–Kier alpha value is -3.47. The Bertz CT molecular complexity index is 1180. The molecule has 0 spiro atoms. The van der Waals surface area contributed by atoms with Gasteiger partial charge in [-0.05, 0) is 49.7 Å². The Balaban J connectivity index is 1.68. The monoisotopic (exact) mass is 495 g/mol. The highest BCUT2D eigenvalue weighted by molar-refractivity contribution is 7.13. The molecule has 0 fully saturated rings. The van der Waals surface area contributed by atoms with Gasteiger partial charge in [-0.2, -0.15) is 0 Å². The number of amides is 2. The molecule has 0 unspecified atom stereocenters. The highest BCUT2D eigenvalue weighted by atomic mass is 32.1. The lowest BCUT2D eigenvalue weighted by molar-refractivity contribution is -0.116. The molecule has 180 valence electrons. The van der Waals surface area contributed by atoms with E-state index in [2.05, 4.69) is 10.3 Å². The molecule has 0 aliphatic heterocycles. The van der Waals surface area contributed by atoms with Crippen LogP contribution in [0.2, 0.25) is 0 Å².